The van der Waals surface area contributed by atoms with Crippen molar-refractivity contribution in [2.24, 2.45) is 5.92 Å². The number of nitrogens with one attached hydrogen (secondary N) is 1. The Kier molecular flexibility index (Phi) is 5.32. The van der Waals surface area contributed by atoms with E-state index in [0.29, 0.717) is 0 Å². The van der Waals surface area contributed by atoms with Crippen LogP contribution < -0.4 is 10.2 Å². The van der Waals surface area contributed by atoms with Crippen LogP contribution in [0.5, 0.6) is 0 Å². The smallest absolute Gasteiger partial charge is 0.0396 e. The number of rotatable bonds is 7. The minimum Gasteiger partial charge on any atom is -0.371 e. The maximum Gasteiger partial charge on any atom is 0.0396 e. The van der Waals surface area contributed by atoms with Crippen molar-refractivity contribution >= 4 is 5.69 Å². The molecule has 1 saturated carbocycles. The van der Waals surface area contributed by atoms with Gasteiger partial charge in [0, 0.05) is 30.9 Å². The number of hydrogen-bond acceptors (Lipinski definition) is 2. The van der Waals surface area contributed by atoms with Gasteiger partial charge in [0.1, 0.15) is 0 Å². The van der Waals surface area contributed by atoms with Gasteiger partial charge in [-0.3, -0.25) is 0 Å². The Morgan fingerprint density at radius 3 is 2.48 bits per heavy atom. The summed E-state index contributed by atoms with van der Waals surface area (Å²) in [5, 5.41) is 3.57. The zero-order chi connectivity index (χ0) is 15.5. The van der Waals surface area contributed by atoms with Crippen LogP contribution in [0.1, 0.15) is 58.1 Å². The second-order valence-electron chi connectivity index (χ2n) is 7.61. The minimum absolute atomic E-state index is 0.173. The van der Waals surface area contributed by atoms with Crippen molar-refractivity contribution in [3.63, 3.8) is 0 Å². The lowest BCUT2D eigenvalue weighted by Crippen LogP contribution is -2.35. The lowest BCUT2D eigenvalue weighted by Gasteiger charge is -2.27. The first-order valence-electron chi connectivity index (χ1n) is 8.48. The molecule has 118 valence electrons. The van der Waals surface area contributed by atoms with Crippen molar-refractivity contribution in [2.75, 3.05) is 18.0 Å². The summed E-state index contributed by atoms with van der Waals surface area (Å²) >= 11 is 0. The lowest BCUT2D eigenvalue weighted by atomic mass is 10.1. The first-order chi connectivity index (χ1) is 9.89. The van der Waals surface area contributed by atoms with E-state index in [1.807, 2.05) is 0 Å². The zero-order valence-electron chi connectivity index (χ0n) is 14.5. The highest BCUT2D eigenvalue weighted by molar-refractivity contribution is 5.54. The summed E-state index contributed by atoms with van der Waals surface area (Å²) in [5.74, 6) is 0.943. The Morgan fingerprint density at radius 2 is 1.95 bits per heavy atom. The van der Waals surface area contributed by atoms with Crippen LogP contribution in [0.15, 0.2) is 18.2 Å². The van der Waals surface area contributed by atoms with Gasteiger partial charge in [-0.15, -0.1) is 0 Å². The molecular weight excluding hydrogens is 256 g/mol. The molecule has 0 radical (unpaired) electrons. The van der Waals surface area contributed by atoms with Gasteiger partial charge in [0.15, 0.2) is 0 Å². The molecule has 21 heavy (non-hydrogen) atoms. The molecule has 0 unspecified atom stereocenters. The van der Waals surface area contributed by atoms with Gasteiger partial charge in [-0.1, -0.05) is 19.1 Å². The van der Waals surface area contributed by atoms with Gasteiger partial charge in [-0.05, 0) is 70.1 Å². The average molecular weight is 288 g/mol. The van der Waals surface area contributed by atoms with Crippen LogP contribution in [0, 0.1) is 12.8 Å². The summed E-state index contributed by atoms with van der Waals surface area (Å²) in [7, 11) is 0. The maximum absolute atomic E-state index is 3.57. The van der Waals surface area contributed by atoms with E-state index in [4.69, 9.17) is 0 Å². The molecule has 1 aromatic rings. The van der Waals surface area contributed by atoms with E-state index >= 15 is 0 Å². The summed E-state index contributed by atoms with van der Waals surface area (Å²) < 4.78 is 0. The van der Waals surface area contributed by atoms with Gasteiger partial charge in [-0.25, -0.2) is 0 Å². The van der Waals surface area contributed by atoms with Crippen LogP contribution in [-0.4, -0.2) is 18.6 Å². The van der Waals surface area contributed by atoms with Crippen LogP contribution >= 0.6 is 0 Å². The molecule has 2 nitrogen and oxygen atoms in total. The molecule has 2 heteroatoms. The number of anilines is 1. The molecule has 0 aliphatic heterocycles. The topological polar surface area (TPSA) is 15.3 Å². The zero-order valence-corrected chi connectivity index (χ0v) is 14.5. The van der Waals surface area contributed by atoms with Gasteiger partial charge < -0.3 is 10.2 Å². The van der Waals surface area contributed by atoms with Crippen LogP contribution in [0.2, 0.25) is 0 Å². The van der Waals surface area contributed by atoms with Crippen molar-refractivity contribution < 1.29 is 0 Å². The van der Waals surface area contributed by atoms with E-state index in [1.54, 1.807) is 0 Å². The molecule has 1 aliphatic carbocycles. The molecule has 0 aromatic heterocycles. The van der Waals surface area contributed by atoms with E-state index in [2.05, 4.69) is 63.0 Å². The third-order valence-corrected chi connectivity index (χ3v) is 4.09. The Labute approximate surface area is 130 Å². The molecule has 1 fully saturated rings. The SMILES string of the molecule is CCCN(CC1CC1)c1ccc(CNC(C)(C)C)cc1C. The predicted molar refractivity (Wildman–Crippen MR) is 93.0 cm³/mol. The molecule has 0 saturated heterocycles. The fourth-order valence-corrected chi connectivity index (χ4v) is 2.74. The minimum atomic E-state index is 0.173. The van der Waals surface area contributed by atoms with Crippen LogP contribution in [0.3, 0.4) is 0 Å². The van der Waals surface area contributed by atoms with E-state index in [0.717, 1.165) is 12.5 Å². The third-order valence-electron chi connectivity index (χ3n) is 4.09. The van der Waals surface area contributed by atoms with Crippen molar-refractivity contribution in [1.29, 1.82) is 0 Å². The molecule has 0 heterocycles. The fourth-order valence-electron chi connectivity index (χ4n) is 2.74. The largest absolute Gasteiger partial charge is 0.371 e. The number of nitrogens with zero attached hydrogens (tertiary/aromatic N) is 1. The molecule has 0 amide bonds. The molecule has 1 aromatic carbocycles. The summed E-state index contributed by atoms with van der Waals surface area (Å²) in [4.78, 5) is 2.59. The van der Waals surface area contributed by atoms with Crippen molar-refractivity contribution in [3.8, 4) is 0 Å². The molecule has 0 bridgehead atoms. The van der Waals surface area contributed by atoms with Crippen LogP contribution in [0.25, 0.3) is 0 Å². The van der Waals surface area contributed by atoms with Gasteiger partial charge in [0.2, 0.25) is 0 Å². The van der Waals surface area contributed by atoms with Crippen molar-refractivity contribution in [2.45, 2.75) is 66.0 Å². The summed E-state index contributed by atoms with van der Waals surface area (Å²) in [6.07, 6.45) is 4.07. The Balaban J connectivity index is 2.05. The fraction of sp³-hybridized carbons (Fsp3) is 0.684. The summed E-state index contributed by atoms with van der Waals surface area (Å²) in [6.45, 7) is 14.5. The standard InChI is InChI=1S/C19H32N2/c1-6-11-21(14-16-7-8-16)18-10-9-17(12-15(18)2)13-20-19(3,4)5/h9-10,12,16,20H,6-8,11,13-14H2,1-5H3. The maximum atomic E-state index is 3.57. The second kappa shape index (κ2) is 6.83. The Morgan fingerprint density at radius 1 is 1.24 bits per heavy atom. The lowest BCUT2D eigenvalue weighted by molar-refractivity contribution is 0.424. The first-order valence-corrected chi connectivity index (χ1v) is 8.48. The van der Waals surface area contributed by atoms with Gasteiger partial charge >= 0.3 is 0 Å². The highest BCUT2D eigenvalue weighted by Crippen LogP contribution is 2.32. The highest BCUT2D eigenvalue weighted by atomic mass is 15.1. The summed E-state index contributed by atoms with van der Waals surface area (Å²) in [6, 6.07) is 6.97. The van der Waals surface area contributed by atoms with Gasteiger partial charge in [0.05, 0.1) is 0 Å². The molecule has 0 atom stereocenters. The van der Waals surface area contributed by atoms with Gasteiger partial charge in [0.25, 0.3) is 0 Å². The number of hydrogen-bond donors (Lipinski definition) is 1. The van der Waals surface area contributed by atoms with Crippen molar-refractivity contribution in [3.05, 3.63) is 29.3 Å². The first kappa shape index (κ1) is 16.4. The number of benzene rings is 1. The Hall–Kier alpha value is -1.02. The van der Waals surface area contributed by atoms with E-state index < -0.39 is 0 Å². The normalized spacial score (nSPS) is 15.3. The van der Waals surface area contributed by atoms with Crippen molar-refractivity contribution in [1.82, 2.24) is 5.32 Å². The molecule has 2 rings (SSSR count). The average Bonchev–Trinajstić information content (AvgIpc) is 3.19. The second-order valence-corrected chi connectivity index (χ2v) is 7.61. The third kappa shape index (κ3) is 5.35. The van der Waals surface area contributed by atoms with Crippen LogP contribution in [0.4, 0.5) is 5.69 Å². The van der Waals surface area contributed by atoms with Gasteiger partial charge in [-0.2, -0.15) is 0 Å². The van der Waals surface area contributed by atoms with E-state index in [1.165, 1.54) is 49.2 Å². The summed E-state index contributed by atoms with van der Waals surface area (Å²) in [5.41, 5.74) is 4.40. The number of aryl methyl sites for hydroxylation is 1. The van der Waals surface area contributed by atoms with E-state index in [-0.39, 0.29) is 5.54 Å². The highest BCUT2D eigenvalue weighted by Gasteiger charge is 2.24. The van der Waals surface area contributed by atoms with Crippen LogP contribution in [-0.2, 0) is 6.54 Å². The van der Waals surface area contributed by atoms with E-state index in [9.17, 15) is 0 Å². The monoisotopic (exact) mass is 288 g/mol. The Bertz CT molecular complexity index is 455. The molecule has 1 N–H and O–H groups in total. The molecular formula is C19H32N2. The molecule has 0 spiro atoms. The predicted octanol–water partition coefficient (Wildman–Crippen LogP) is 4.51. The molecule has 1 aliphatic rings. The quantitative estimate of drug-likeness (QED) is 0.794.